The molecule has 114 valence electrons. The summed E-state index contributed by atoms with van der Waals surface area (Å²) in [7, 11) is 0. The number of aromatic nitrogens is 1. The molecule has 3 N–H and O–H groups in total. The highest BCUT2D eigenvalue weighted by atomic mass is 35.5. The van der Waals surface area contributed by atoms with Gasteiger partial charge < -0.3 is 16.0 Å². The van der Waals surface area contributed by atoms with Crippen LogP contribution in [-0.2, 0) is 0 Å². The normalized spacial score (nSPS) is 18.4. The van der Waals surface area contributed by atoms with E-state index in [1.165, 1.54) is 6.20 Å². The van der Waals surface area contributed by atoms with Gasteiger partial charge in [0.15, 0.2) is 0 Å². The molecule has 2 heterocycles. The number of amides is 3. The van der Waals surface area contributed by atoms with Crippen molar-refractivity contribution >= 4 is 23.5 Å². The van der Waals surface area contributed by atoms with E-state index < -0.39 is 6.03 Å². The van der Waals surface area contributed by atoms with Crippen molar-refractivity contribution in [2.75, 3.05) is 19.6 Å². The van der Waals surface area contributed by atoms with E-state index in [-0.39, 0.29) is 11.8 Å². The van der Waals surface area contributed by atoms with Crippen LogP contribution >= 0.6 is 11.6 Å². The Hall–Kier alpha value is -1.82. The molecule has 21 heavy (non-hydrogen) atoms. The number of rotatable bonds is 3. The summed E-state index contributed by atoms with van der Waals surface area (Å²) in [5, 5.41) is 3.02. The van der Waals surface area contributed by atoms with Crippen LogP contribution in [0.2, 0.25) is 5.02 Å². The summed E-state index contributed by atoms with van der Waals surface area (Å²) >= 11 is 6.12. The minimum absolute atomic E-state index is 0.115. The van der Waals surface area contributed by atoms with Crippen molar-refractivity contribution in [3.05, 3.63) is 28.5 Å². The Labute approximate surface area is 128 Å². The molecule has 1 aliphatic heterocycles. The van der Waals surface area contributed by atoms with E-state index in [2.05, 4.69) is 10.3 Å². The summed E-state index contributed by atoms with van der Waals surface area (Å²) in [4.78, 5) is 29.2. The molecule has 1 atom stereocenters. The Bertz CT molecular complexity index is 550. The lowest BCUT2D eigenvalue weighted by Gasteiger charge is -2.33. The number of primary amides is 1. The van der Waals surface area contributed by atoms with Crippen LogP contribution in [0.3, 0.4) is 0 Å². The Morgan fingerprint density at radius 2 is 2.33 bits per heavy atom. The fourth-order valence-electron chi connectivity index (χ4n) is 2.52. The van der Waals surface area contributed by atoms with Crippen molar-refractivity contribution in [1.29, 1.82) is 0 Å². The molecular formula is C14H19ClN4O2. The first-order valence-corrected chi connectivity index (χ1v) is 7.30. The average Bonchev–Trinajstić information content (AvgIpc) is 2.45. The number of hydrogen-bond acceptors (Lipinski definition) is 3. The maximum Gasteiger partial charge on any atom is 0.312 e. The van der Waals surface area contributed by atoms with Crippen molar-refractivity contribution in [2.24, 2.45) is 11.7 Å². The third kappa shape index (κ3) is 4.07. The number of nitrogens with one attached hydrogen (secondary N) is 1. The number of piperidine rings is 1. The van der Waals surface area contributed by atoms with Crippen molar-refractivity contribution in [2.45, 2.75) is 19.8 Å². The second-order valence-corrected chi connectivity index (χ2v) is 5.72. The Kier molecular flexibility index (Phi) is 5.01. The summed E-state index contributed by atoms with van der Waals surface area (Å²) in [5.74, 6) is 0.101. The van der Waals surface area contributed by atoms with Gasteiger partial charge in [-0.25, -0.2) is 4.79 Å². The van der Waals surface area contributed by atoms with Crippen LogP contribution in [0.25, 0.3) is 0 Å². The number of nitrogens with zero attached hydrogens (tertiary/aromatic N) is 2. The largest absolute Gasteiger partial charge is 0.352 e. The van der Waals surface area contributed by atoms with E-state index >= 15 is 0 Å². The van der Waals surface area contributed by atoms with E-state index in [4.69, 9.17) is 17.3 Å². The van der Waals surface area contributed by atoms with Crippen LogP contribution in [-0.4, -0.2) is 41.5 Å². The average molecular weight is 311 g/mol. The summed E-state index contributed by atoms with van der Waals surface area (Å²) in [6, 6.07) is 1.15. The van der Waals surface area contributed by atoms with E-state index in [0.717, 1.165) is 18.5 Å². The molecule has 0 bridgehead atoms. The molecule has 6 nitrogen and oxygen atoms in total. The Balaban J connectivity index is 2.03. The monoisotopic (exact) mass is 310 g/mol. The fourth-order valence-corrected chi connectivity index (χ4v) is 2.80. The molecule has 1 unspecified atom stereocenters. The number of pyridine rings is 1. The number of likely N-dealkylation sites (tertiary alicyclic amines) is 1. The summed E-state index contributed by atoms with van der Waals surface area (Å²) in [6.45, 7) is 3.59. The van der Waals surface area contributed by atoms with Gasteiger partial charge in [-0.1, -0.05) is 11.6 Å². The van der Waals surface area contributed by atoms with E-state index in [1.807, 2.05) is 6.92 Å². The first-order chi connectivity index (χ1) is 9.97. The molecular weight excluding hydrogens is 292 g/mol. The van der Waals surface area contributed by atoms with Crippen molar-refractivity contribution in [1.82, 2.24) is 15.2 Å². The van der Waals surface area contributed by atoms with E-state index in [0.29, 0.717) is 30.2 Å². The molecule has 1 saturated heterocycles. The molecule has 1 aromatic heterocycles. The van der Waals surface area contributed by atoms with Crippen molar-refractivity contribution < 1.29 is 9.59 Å². The third-order valence-electron chi connectivity index (χ3n) is 3.59. The number of urea groups is 1. The van der Waals surface area contributed by atoms with E-state index in [1.54, 1.807) is 11.0 Å². The smallest absolute Gasteiger partial charge is 0.312 e. The molecule has 0 saturated carbocycles. The highest BCUT2D eigenvalue weighted by molar-refractivity contribution is 6.33. The number of nitrogens with two attached hydrogens (primary N) is 1. The Morgan fingerprint density at radius 1 is 1.57 bits per heavy atom. The van der Waals surface area contributed by atoms with E-state index in [9.17, 15) is 9.59 Å². The van der Waals surface area contributed by atoms with Crippen LogP contribution in [0, 0.1) is 12.8 Å². The topological polar surface area (TPSA) is 88.3 Å². The number of carbonyl (C=O) groups excluding carboxylic acids is 2. The van der Waals surface area contributed by atoms with Gasteiger partial charge in [-0.05, 0) is 31.7 Å². The van der Waals surface area contributed by atoms with Crippen molar-refractivity contribution in [3.63, 3.8) is 0 Å². The highest BCUT2D eigenvalue weighted by Gasteiger charge is 2.26. The zero-order valence-corrected chi connectivity index (χ0v) is 12.7. The van der Waals surface area contributed by atoms with Gasteiger partial charge in [0.05, 0.1) is 10.6 Å². The lowest BCUT2D eigenvalue weighted by atomic mass is 9.97. The van der Waals surface area contributed by atoms with Gasteiger partial charge in [0, 0.05) is 31.5 Å². The van der Waals surface area contributed by atoms with Crippen LogP contribution in [0.15, 0.2) is 12.3 Å². The Morgan fingerprint density at radius 3 is 3.00 bits per heavy atom. The zero-order chi connectivity index (χ0) is 15.4. The molecule has 0 aliphatic carbocycles. The van der Waals surface area contributed by atoms with Crippen LogP contribution in [0.4, 0.5) is 4.79 Å². The molecule has 3 amide bonds. The molecule has 1 aliphatic rings. The second-order valence-electron chi connectivity index (χ2n) is 5.31. The number of hydrogen-bond donors (Lipinski definition) is 2. The molecule has 0 aromatic carbocycles. The molecule has 2 rings (SSSR count). The molecule has 1 fully saturated rings. The van der Waals surface area contributed by atoms with Crippen LogP contribution in [0.1, 0.15) is 28.9 Å². The van der Waals surface area contributed by atoms with Gasteiger partial charge in [-0.3, -0.25) is 9.78 Å². The van der Waals surface area contributed by atoms with Gasteiger partial charge in [-0.2, -0.15) is 0 Å². The summed E-state index contributed by atoms with van der Waals surface area (Å²) in [5.41, 5.74) is 6.27. The van der Waals surface area contributed by atoms with Gasteiger partial charge in [0.2, 0.25) is 0 Å². The fraction of sp³-hybridized carbons (Fsp3) is 0.500. The first-order valence-electron chi connectivity index (χ1n) is 6.92. The maximum atomic E-state index is 12.5. The van der Waals surface area contributed by atoms with Gasteiger partial charge >= 0.3 is 6.03 Å². The number of halogens is 1. The van der Waals surface area contributed by atoms with Gasteiger partial charge in [0.25, 0.3) is 5.91 Å². The predicted molar refractivity (Wildman–Crippen MR) is 80.2 cm³/mol. The van der Waals surface area contributed by atoms with Crippen LogP contribution < -0.4 is 11.1 Å². The molecule has 7 heteroatoms. The lowest BCUT2D eigenvalue weighted by Crippen LogP contribution is -2.44. The van der Waals surface area contributed by atoms with Gasteiger partial charge in [0.1, 0.15) is 0 Å². The third-order valence-corrected chi connectivity index (χ3v) is 3.90. The predicted octanol–water partition coefficient (Wildman–Crippen LogP) is 1.56. The number of carbonyl (C=O) groups is 2. The lowest BCUT2D eigenvalue weighted by molar-refractivity contribution is 0.0675. The van der Waals surface area contributed by atoms with Crippen LogP contribution in [0.5, 0.6) is 0 Å². The minimum atomic E-state index is -0.538. The number of aryl methyl sites for hydroxylation is 1. The summed E-state index contributed by atoms with van der Waals surface area (Å²) < 4.78 is 0. The quantitative estimate of drug-likeness (QED) is 0.888. The second kappa shape index (κ2) is 6.76. The highest BCUT2D eigenvalue weighted by Crippen LogP contribution is 2.22. The first kappa shape index (κ1) is 15.6. The summed E-state index contributed by atoms with van der Waals surface area (Å²) in [6.07, 6.45) is 3.38. The standard InChI is InChI=1S/C14H19ClN4O2/c1-9-5-12(15)11(7-17-9)13(20)19-4-2-3-10(8-19)6-18-14(16)21/h5,7,10H,2-4,6,8H2,1H3,(H3,16,18,21). The SMILES string of the molecule is Cc1cc(Cl)c(C(=O)N2CCCC(CNC(N)=O)C2)cn1. The minimum Gasteiger partial charge on any atom is -0.352 e. The molecule has 0 spiro atoms. The molecule has 1 aromatic rings. The van der Waals surface area contributed by atoms with Crippen molar-refractivity contribution in [3.8, 4) is 0 Å². The molecule has 0 radical (unpaired) electrons. The maximum absolute atomic E-state index is 12.5. The zero-order valence-electron chi connectivity index (χ0n) is 11.9. The van der Waals surface area contributed by atoms with Gasteiger partial charge in [-0.15, -0.1) is 0 Å².